The van der Waals surface area contributed by atoms with Crippen LogP contribution in [0, 0.1) is 29.6 Å². The third-order valence-corrected chi connectivity index (χ3v) is 13.2. The molecule has 0 radical (unpaired) electrons. The van der Waals surface area contributed by atoms with Gasteiger partial charge in [-0.25, -0.2) is 9.78 Å². The molecule has 1 aromatic heterocycles. The molecule has 60 heavy (non-hydrogen) atoms. The summed E-state index contributed by atoms with van der Waals surface area (Å²) in [4.78, 5) is 60.3. The first kappa shape index (κ1) is 43.7. The number of hydrogen-bond acceptors (Lipinski definition) is 11. The lowest BCUT2D eigenvalue weighted by atomic mass is 10.0. The van der Waals surface area contributed by atoms with Crippen LogP contribution >= 0.6 is 11.6 Å². The number of carbonyl (C=O) groups excluding carboxylic acids is 3. The van der Waals surface area contributed by atoms with Gasteiger partial charge in [0.15, 0.2) is 0 Å². The number of aliphatic carboxylic acids is 1. The number of nitrogens with zero attached hydrogens (tertiary/aromatic N) is 3. The Morgan fingerprint density at radius 1 is 1.05 bits per heavy atom. The largest absolute Gasteiger partial charge is 0.491 e. The smallest absolute Gasteiger partial charge is 0.408 e. The van der Waals surface area contributed by atoms with Gasteiger partial charge in [-0.05, 0) is 88.2 Å². The zero-order chi connectivity index (χ0) is 42.5. The Labute approximate surface area is 357 Å². The average molecular weight is 853 g/mol. The van der Waals surface area contributed by atoms with Crippen LogP contribution in [0.5, 0.6) is 11.5 Å². The van der Waals surface area contributed by atoms with Gasteiger partial charge in [0.05, 0.1) is 31.2 Å². The van der Waals surface area contributed by atoms with Crippen molar-refractivity contribution in [2.24, 2.45) is 35.3 Å². The molecule has 5 N–H and O–H groups in total. The van der Waals surface area contributed by atoms with Crippen molar-refractivity contribution in [3.63, 3.8) is 0 Å². The molecule has 328 valence electrons. The summed E-state index contributed by atoms with van der Waals surface area (Å²) in [5, 5.41) is 16.3. The van der Waals surface area contributed by atoms with Crippen LogP contribution in [-0.4, -0.2) is 120 Å². The van der Waals surface area contributed by atoms with Gasteiger partial charge < -0.3 is 45.3 Å². The molecule has 5 aliphatic rings. The number of likely N-dealkylation sites (tertiary alicyclic amines) is 1. The molecule has 1 unspecified atom stereocenters. The van der Waals surface area contributed by atoms with Gasteiger partial charge >= 0.3 is 12.1 Å². The summed E-state index contributed by atoms with van der Waals surface area (Å²) in [5.74, 6) is 1.38. The molecule has 3 heterocycles. The first-order valence-corrected chi connectivity index (χ1v) is 22.2. The third kappa shape index (κ3) is 10.9. The average Bonchev–Trinajstić information content (AvgIpc) is 3.97. The molecular weight excluding hydrogens is 792 g/mol. The van der Waals surface area contributed by atoms with Crippen molar-refractivity contribution in [3.05, 3.63) is 35.4 Å². The second kappa shape index (κ2) is 19.6. The Kier molecular flexibility index (Phi) is 14.3. The van der Waals surface area contributed by atoms with Gasteiger partial charge in [0.25, 0.3) is 0 Å². The Bertz CT molecular complexity index is 1900. The topological polar surface area (TPSA) is 195 Å². The van der Waals surface area contributed by atoms with Gasteiger partial charge in [-0.1, -0.05) is 43.5 Å². The molecule has 2 aromatic rings. The van der Waals surface area contributed by atoms with Crippen LogP contribution < -0.4 is 25.8 Å². The molecule has 15 nitrogen and oxygen atoms in total. The lowest BCUT2D eigenvalue weighted by Crippen LogP contribution is -2.53. The summed E-state index contributed by atoms with van der Waals surface area (Å²) in [6.07, 6.45) is 8.52. The van der Waals surface area contributed by atoms with E-state index in [1.54, 1.807) is 12.1 Å². The molecule has 0 spiro atoms. The quantitative estimate of drug-likeness (QED) is 0.0951. The number of fused-ring (bicyclic) bond motifs is 2. The van der Waals surface area contributed by atoms with Gasteiger partial charge in [0.2, 0.25) is 11.8 Å². The van der Waals surface area contributed by atoms with E-state index in [1.165, 1.54) is 4.90 Å². The lowest BCUT2D eigenvalue weighted by Gasteiger charge is -2.28. The minimum absolute atomic E-state index is 0.0539. The number of alkyl carbamates (subject to hydrolysis) is 1. The number of rotatable bonds is 20. The van der Waals surface area contributed by atoms with Crippen molar-refractivity contribution in [3.8, 4) is 11.5 Å². The van der Waals surface area contributed by atoms with Crippen molar-refractivity contribution in [2.75, 3.05) is 51.3 Å². The number of primary amides is 1. The highest BCUT2D eigenvalue weighted by Gasteiger charge is 2.54. The minimum atomic E-state index is -0.954. The fourth-order valence-corrected chi connectivity index (χ4v) is 9.50. The molecule has 1 aromatic carbocycles. The number of anilines is 1. The lowest BCUT2D eigenvalue weighted by molar-refractivity contribution is -0.139. The monoisotopic (exact) mass is 852 g/mol. The molecule has 2 aliphatic heterocycles. The van der Waals surface area contributed by atoms with E-state index in [1.807, 2.05) is 32.1 Å². The van der Waals surface area contributed by atoms with Gasteiger partial charge in [-0.15, -0.1) is 0 Å². The second-order valence-electron chi connectivity index (χ2n) is 17.6. The number of allylic oxidation sites excluding steroid dienone is 2. The Morgan fingerprint density at radius 2 is 1.82 bits per heavy atom. The van der Waals surface area contributed by atoms with E-state index in [0.29, 0.717) is 90.1 Å². The normalized spacial score (nSPS) is 27.8. The third-order valence-electron chi connectivity index (χ3n) is 12.8. The number of nitrogens with one attached hydrogen (secondary N) is 2. The minimum Gasteiger partial charge on any atom is -0.491 e. The van der Waals surface area contributed by atoms with Crippen LogP contribution in [0.15, 0.2) is 30.4 Å². The van der Waals surface area contributed by atoms with E-state index in [9.17, 15) is 19.2 Å². The van der Waals surface area contributed by atoms with Crippen LogP contribution in [0.1, 0.15) is 78.6 Å². The van der Waals surface area contributed by atoms with Gasteiger partial charge in [-0.2, -0.15) is 0 Å². The number of pyridine rings is 1. The SMILES string of the molecule is CC(C)Nc1cc(OC2C[C@@H](C(N)=O)N(C(=O)[C@H](CCCCC/C=C\[C@@H]3C[C@@H]3C(=O)O)NC(=O)O[C@@H]3C[C@@H]4[C@H](C)[C@@H]4C3)C2)c2ccc(OCCN3CCOCC3)c(Cl)c2n1. The van der Waals surface area contributed by atoms with Crippen molar-refractivity contribution in [1.29, 1.82) is 0 Å². The van der Waals surface area contributed by atoms with Crippen molar-refractivity contribution < 1.29 is 43.2 Å². The Balaban J connectivity index is 1.02. The number of halogens is 1. The van der Waals surface area contributed by atoms with E-state index >= 15 is 0 Å². The number of ether oxygens (including phenoxy) is 4. The molecule has 3 aliphatic carbocycles. The van der Waals surface area contributed by atoms with Crippen molar-refractivity contribution in [1.82, 2.24) is 20.1 Å². The molecule has 5 fully saturated rings. The Hall–Kier alpha value is -4.34. The second-order valence-corrected chi connectivity index (χ2v) is 17.9. The number of hydrogen-bond donors (Lipinski definition) is 4. The fourth-order valence-electron chi connectivity index (χ4n) is 9.24. The summed E-state index contributed by atoms with van der Waals surface area (Å²) < 4.78 is 24.0. The molecule has 2 saturated heterocycles. The molecule has 7 rings (SSSR count). The number of unbranched alkanes of at least 4 members (excludes halogenated alkanes) is 3. The van der Waals surface area contributed by atoms with Crippen LogP contribution in [0.4, 0.5) is 10.6 Å². The van der Waals surface area contributed by atoms with Crippen LogP contribution in [0.2, 0.25) is 5.02 Å². The Morgan fingerprint density at radius 3 is 2.52 bits per heavy atom. The van der Waals surface area contributed by atoms with E-state index < -0.39 is 42.1 Å². The number of carbonyl (C=O) groups is 4. The van der Waals surface area contributed by atoms with Crippen LogP contribution in [0.3, 0.4) is 0 Å². The maximum Gasteiger partial charge on any atom is 0.408 e. The number of carboxylic acid groups (broad SMARTS) is 1. The highest BCUT2D eigenvalue weighted by molar-refractivity contribution is 6.36. The number of morpholine rings is 1. The van der Waals surface area contributed by atoms with Gasteiger partial charge in [0.1, 0.15) is 53.2 Å². The summed E-state index contributed by atoms with van der Waals surface area (Å²) >= 11 is 6.96. The first-order chi connectivity index (χ1) is 28.9. The summed E-state index contributed by atoms with van der Waals surface area (Å²) in [5.41, 5.74) is 6.42. The fraction of sp³-hybridized carbons (Fsp3) is 0.659. The van der Waals surface area contributed by atoms with Crippen molar-refractivity contribution in [2.45, 2.75) is 109 Å². The molecule has 16 heteroatoms. The van der Waals surface area contributed by atoms with Crippen LogP contribution in [-0.2, 0) is 23.9 Å². The van der Waals surface area contributed by atoms with Gasteiger partial charge in [0, 0.05) is 43.5 Å². The van der Waals surface area contributed by atoms with E-state index in [0.717, 1.165) is 51.7 Å². The predicted octanol–water partition coefficient (Wildman–Crippen LogP) is 5.62. The maximum absolute atomic E-state index is 14.4. The maximum atomic E-state index is 14.4. The number of amides is 3. The van der Waals surface area contributed by atoms with E-state index in [2.05, 4.69) is 22.5 Å². The number of nitrogens with two attached hydrogens (primary N) is 1. The highest BCUT2D eigenvalue weighted by atomic mass is 35.5. The van der Waals surface area contributed by atoms with Crippen LogP contribution in [0.25, 0.3) is 10.9 Å². The van der Waals surface area contributed by atoms with E-state index in [4.69, 9.17) is 46.4 Å². The highest BCUT2D eigenvalue weighted by Crippen LogP contribution is 2.57. The first-order valence-electron chi connectivity index (χ1n) is 21.8. The number of benzene rings is 1. The zero-order valence-electron chi connectivity index (χ0n) is 35.0. The molecular formula is C44H61ClN6O9. The molecule has 9 atom stereocenters. The van der Waals surface area contributed by atoms with E-state index in [-0.39, 0.29) is 36.9 Å². The standard InChI is InChI=1S/C44H61ClN6O9/c1-25(2)47-38-23-37(30-11-12-36(39(45)40(30)49-38)58-18-15-50-13-16-57-17-14-50)59-29-22-35(41(46)52)51(24-29)42(53)34(48-44(56)60-28-20-31-26(3)32(31)21-28)10-8-6-4-5-7-9-27-19-33(27)43(54)55/h7,9,11-12,23,25-29,31-35H,4-6,8,10,13-22,24H2,1-3H3,(H2,46,52)(H,47,49)(H,48,56)(H,54,55)/b9-7-/t26-,27-,28+,29?,31+,32-,33+,34+,35+/m1/s1. The summed E-state index contributed by atoms with van der Waals surface area (Å²) in [6.45, 7) is 10.6. The zero-order valence-corrected chi connectivity index (χ0v) is 35.7. The van der Waals surface area contributed by atoms with Crippen molar-refractivity contribution >= 4 is 52.2 Å². The predicted molar refractivity (Wildman–Crippen MR) is 226 cm³/mol. The summed E-state index contributed by atoms with van der Waals surface area (Å²) in [7, 11) is 0. The summed E-state index contributed by atoms with van der Waals surface area (Å²) in [6, 6.07) is 3.61. The van der Waals surface area contributed by atoms with Gasteiger partial charge in [-0.3, -0.25) is 19.3 Å². The molecule has 3 amide bonds. The number of carboxylic acids is 1. The molecule has 3 saturated carbocycles. The number of aromatic nitrogens is 1. The molecule has 0 bridgehead atoms.